The highest BCUT2D eigenvalue weighted by Crippen LogP contribution is 2.29. The molecule has 0 amide bonds. The summed E-state index contributed by atoms with van der Waals surface area (Å²) in [4.78, 5) is 29.2. The fraction of sp³-hybridized carbons (Fsp3) is 0.222. The van der Waals surface area contributed by atoms with Crippen LogP contribution in [0.4, 0.5) is 0 Å². The third-order valence-electron chi connectivity index (χ3n) is 5.80. The van der Waals surface area contributed by atoms with E-state index in [1.165, 1.54) is 4.52 Å². The van der Waals surface area contributed by atoms with Crippen molar-refractivity contribution in [2.75, 3.05) is 6.61 Å². The Morgan fingerprint density at radius 2 is 1.86 bits per heavy atom. The Kier molecular flexibility index (Phi) is 6.47. The van der Waals surface area contributed by atoms with Gasteiger partial charge in [-0.3, -0.25) is 9.59 Å². The predicted molar refractivity (Wildman–Crippen MR) is 141 cm³/mol. The molecule has 0 bridgehead atoms. The van der Waals surface area contributed by atoms with Gasteiger partial charge in [-0.05, 0) is 62.2 Å². The van der Waals surface area contributed by atoms with Gasteiger partial charge in [0.1, 0.15) is 17.1 Å². The quantitative estimate of drug-likeness (QED) is 0.317. The van der Waals surface area contributed by atoms with Gasteiger partial charge in [0.25, 0.3) is 11.1 Å². The van der Waals surface area contributed by atoms with Crippen LogP contribution in [0.5, 0.6) is 5.75 Å². The number of rotatable bonds is 7. The molecule has 0 saturated carbocycles. The Balaban J connectivity index is 1.65. The molecular weight excluding hydrogens is 474 g/mol. The molecule has 3 aromatic heterocycles. The molecule has 5 aromatic rings. The molecule has 36 heavy (non-hydrogen) atoms. The minimum Gasteiger partial charge on any atom is -0.493 e. The maximum atomic E-state index is 13.0. The van der Waals surface area contributed by atoms with E-state index in [1.807, 2.05) is 61.7 Å². The molecule has 8 nitrogen and oxygen atoms in total. The lowest BCUT2D eigenvalue weighted by atomic mass is 10.0. The lowest BCUT2D eigenvalue weighted by Crippen LogP contribution is -2.27. The van der Waals surface area contributed by atoms with Crippen LogP contribution in [0.15, 0.2) is 64.3 Å². The number of fused-ring (bicyclic) bond motifs is 1. The first-order chi connectivity index (χ1) is 17.4. The molecular formula is C27H25N5O3S. The van der Waals surface area contributed by atoms with Crippen LogP contribution in [0.2, 0.25) is 0 Å². The van der Waals surface area contributed by atoms with E-state index in [-0.39, 0.29) is 16.2 Å². The number of hydrogen-bond donors (Lipinski definition) is 0. The highest BCUT2D eigenvalue weighted by Gasteiger charge is 2.15. The Morgan fingerprint density at radius 1 is 1.06 bits per heavy atom. The number of aryl methyl sites for hydroxylation is 2. The smallest absolute Gasteiger partial charge is 0.295 e. The molecule has 0 N–H and O–H groups in total. The van der Waals surface area contributed by atoms with Crippen LogP contribution in [0.25, 0.3) is 28.0 Å². The van der Waals surface area contributed by atoms with Crippen molar-refractivity contribution < 1.29 is 4.74 Å². The van der Waals surface area contributed by atoms with Crippen LogP contribution in [0.1, 0.15) is 36.6 Å². The van der Waals surface area contributed by atoms with E-state index >= 15 is 0 Å². The normalized spacial score (nSPS) is 11.9. The Hall–Kier alpha value is -4.11. The molecule has 0 radical (unpaired) electrons. The van der Waals surface area contributed by atoms with Gasteiger partial charge in [-0.1, -0.05) is 42.9 Å². The number of para-hydroxylation sites is 1. The van der Waals surface area contributed by atoms with E-state index in [2.05, 4.69) is 17.0 Å². The molecule has 0 aliphatic carbocycles. The van der Waals surface area contributed by atoms with E-state index in [0.29, 0.717) is 11.1 Å². The van der Waals surface area contributed by atoms with Gasteiger partial charge in [-0.2, -0.15) is 19.7 Å². The van der Waals surface area contributed by atoms with Crippen molar-refractivity contribution in [1.29, 1.82) is 0 Å². The SMILES string of the molecule is CCCCOc1ccc(-c2nn(-c3ccccc3)cc2/C=c2/sc3nc(=O)c(C)nn3c2=O)cc1C. The molecule has 0 unspecified atom stereocenters. The summed E-state index contributed by atoms with van der Waals surface area (Å²) in [7, 11) is 0. The maximum absolute atomic E-state index is 13.0. The van der Waals surface area contributed by atoms with Crippen LogP contribution in [-0.4, -0.2) is 31.0 Å². The average molecular weight is 500 g/mol. The standard InChI is InChI=1S/C27H25N5O3S/c1-4-5-13-35-22-12-11-19(14-17(22)2)24-20(16-31(30-24)21-9-7-6-8-10-21)15-23-26(34)32-27(36-23)28-25(33)18(3)29-32/h6-12,14-16H,4-5,13H2,1-3H3/b23-15+. The first-order valence-corrected chi connectivity index (χ1v) is 12.6. The summed E-state index contributed by atoms with van der Waals surface area (Å²) in [5.41, 5.74) is 3.74. The topological polar surface area (TPSA) is 91.4 Å². The molecule has 2 aromatic carbocycles. The van der Waals surface area contributed by atoms with E-state index < -0.39 is 5.56 Å². The summed E-state index contributed by atoms with van der Waals surface area (Å²) < 4.78 is 9.32. The predicted octanol–water partition coefficient (Wildman–Crippen LogP) is 3.71. The number of hydrogen-bond acceptors (Lipinski definition) is 7. The molecule has 0 saturated heterocycles. The van der Waals surface area contributed by atoms with Gasteiger partial charge in [0, 0.05) is 17.3 Å². The molecule has 5 rings (SSSR count). The van der Waals surface area contributed by atoms with Crippen LogP contribution >= 0.6 is 11.3 Å². The lowest BCUT2D eigenvalue weighted by Gasteiger charge is -2.10. The van der Waals surface area contributed by atoms with Crippen LogP contribution in [0.3, 0.4) is 0 Å². The van der Waals surface area contributed by atoms with Crippen LogP contribution < -0.4 is 20.4 Å². The van der Waals surface area contributed by atoms with Crippen molar-refractivity contribution >= 4 is 22.4 Å². The second-order valence-electron chi connectivity index (χ2n) is 8.51. The van der Waals surface area contributed by atoms with Gasteiger partial charge in [0.2, 0.25) is 4.96 Å². The molecule has 182 valence electrons. The Bertz CT molecular complexity index is 1720. The molecule has 3 heterocycles. The van der Waals surface area contributed by atoms with Gasteiger partial charge in [-0.25, -0.2) is 4.68 Å². The molecule has 0 spiro atoms. The van der Waals surface area contributed by atoms with Crippen molar-refractivity contribution in [2.24, 2.45) is 0 Å². The number of ether oxygens (including phenoxy) is 1. The first-order valence-electron chi connectivity index (χ1n) is 11.8. The summed E-state index contributed by atoms with van der Waals surface area (Å²) in [6, 6.07) is 15.8. The highest BCUT2D eigenvalue weighted by atomic mass is 32.1. The molecule has 0 aliphatic heterocycles. The van der Waals surface area contributed by atoms with E-state index in [4.69, 9.17) is 9.84 Å². The fourth-order valence-corrected chi connectivity index (χ4v) is 4.74. The summed E-state index contributed by atoms with van der Waals surface area (Å²) >= 11 is 1.13. The maximum Gasteiger partial charge on any atom is 0.295 e. The monoisotopic (exact) mass is 499 g/mol. The summed E-state index contributed by atoms with van der Waals surface area (Å²) in [6.45, 7) is 6.37. The van der Waals surface area contributed by atoms with Gasteiger partial charge in [0.15, 0.2) is 0 Å². The fourth-order valence-electron chi connectivity index (χ4n) is 3.84. The van der Waals surface area contributed by atoms with Crippen molar-refractivity contribution in [2.45, 2.75) is 33.6 Å². The summed E-state index contributed by atoms with van der Waals surface area (Å²) in [6.07, 6.45) is 5.76. The highest BCUT2D eigenvalue weighted by molar-refractivity contribution is 7.15. The minimum atomic E-state index is -0.433. The Labute approximate surface area is 211 Å². The number of unbranched alkanes of at least 4 members (excludes halogenated alkanes) is 1. The summed E-state index contributed by atoms with van der Waals surface area (Å²) in [5.74, 6) is 0.851. The van der Waals surface area contributed by atoms with Crippen LogP contribution in [-0.2, 0) is 0 Å². The Morgan fingerprint density at radius 3 is 2.61 bits per heavy atom. The van der Waals surface area contributed by atoms with Gasteiger partial charge in [-0.15, -0.1) is 0 Å². The molecule has 9 heteroatoms. The van der Waals surface area contributed by atoms with Crippen molar-refractivity contribution in [3.8, 4) is 22.7 Å². The first kappa shape index (κ1) is 23.6. The zero-order valence-corrected chi connectivity index (χ0v) is 21.1. The summed E-state index contributed by atoms with van der Waals surface area (Å²) in [5, 5.41) is 8.97. The zero-order valence-electron chi connectivity index (χ0n) is 20.3. The van der Waals surface area contributed by atoms with E-state index in [1.54, 1.807) is 17.7 Å². The average Bonchev–Trinajstić information content (AvgIpc) is 3.43. The van der Waals surface area contributed by atoms with Gasteiger partial charge in [0.05, 0.1) is 16.8 Å². The third-order valence-corrected chi connectivity index (χ3v) is 6.76. The van der Waals surface area contributed by atoms with E-state index in [0.717, 1.165) is 58.0 Å². The molecule has 0 atom stereocenters. The largest absolute Gasteiger partial charge is 0.493 e. The number of benzene rings is 2. The van der Waals surface area contributed by atoms with E-state index in [9.17, 15) is 9.59 Å². The second kappa shape index (κ2) is 9.87. The lowest BCUT2D eigenvalue weighted by molar-refractivity contribution is 0.307. The van der Waals surface area contributed by atoms with Crippen molar-refractivity contribution in [1.82, 2.24) is 24.4 Å². The van der Waals surface area contributed by atoms with Crippen molar-refractivity contribution in [3.05, 3.63) is 96.8 Å². The van der Waals surface area contributed by atoms with Crippen LogP contribution in [0, 0.1) is 13.8 Å². The number of nitrogens with zero attached hydrogens (tertiary/aromatic N) is 5. The third kappa shape index (κ3) is 4.57. The molecule has 0 aliphatic rings. The zero-order chi connectivity index (χ0) is 25.2. The second-order valence-corrected chi connectivity index (χ2v) is 9.52. The molecule has 0 fully saturated rings. The number of thiazole rings is 1. The minimum absolute atomic E-state index is 0.184. The number of aromatic nitrogens is 5. The van der Waals surface area contributed by atoms with Gasteiger partial charge < -0.3 is 4.74 Å². The van der Waals surface area contributed by atoms with Gasteiger partial charge >= 0.3 is 0 Å². The van der Waals surface area contributed by atoms with Crippen molar-refractivity contribution in [3.63, 3.8) is 0 Å².